The zero-order valence-electron chi connectivity index (χ0n) is 11.4. The topological polar surface area (TPSA) is 78.4 Å². The van der Waals surface area contributed by atoms with Crippen molar-refractivity contribution < 1.29 is 14.7 Å². The molecule has 0 aromatic heterocycles. The van der Waals surface area contributed by atoms with Crippen LogP contribution in [0.5, 0.6) is 0 Å². The molecule has 0 saturated heterocycles. The quantitative estimate of drug-likeness (QED) is 0.775. The Balaban J connectivity index is 2.77. The first-order valence-electron chi connectivity index (χ1n) is 6.13. The zero-order valence-corrected chi connectivity index (χ0v) is 11.4. The highest BCUT2D eigenvalue weighted by Crippen LogP contribution is 2.06. The van der Waals surface area contributed by atoms with Gasteiger partial charge in [0.05, 0.1) is 0 Å². The van der Waals surface area contributed by atoms with E-state index in [9.17, 15) is 9.59 Å². The largest absolute Gasteiger partial charge is 0.465 e. The van der Waals surface area contributed by atoms with Crippen LogP contribution in [0.4, 0.5) is 4.79 Å². The van der Waals surface area contributed by atoms with Crippen LogP contribution >= 0.6 is 0 Å². The fourth-order valence-electron chi connectivity index (χ4n) is 1.66. The first-order chi connectivity index (χ1) is 8.78. The van der Waals surface area contributed by atoms with Crippen molar-refractivity contribution in [3.8, 4) is 0 Å². The van der Waals surface area contributed by atoms with Gasteiger partial charge in [0.15, 0.2) is 0 Å². The first-order valence-corrected chi connectivity index (χ1v) is 6.13. The number of benzene rings is 1. The van der Waals surface area contributed by atoms with E-state index in [1.165, 1.54) is 0 Å². The Morgan fingerprint density at radius 3 is 2.26 bits per heavy atom. The van der Waals surface area contributed by atoms with E-state index >= 15 is 0 Å². The lowest BCUT2D eigenvalue weighted by atomic mass is 10.0. The van der Waals surface area contributed by atoms with Crippen LogP contribution in [0.1, 0.15) is 26.3 Å². The minimum absolute atomic E-state index is 0.321. The lowest BCUT2D eigenvalue weighted by Crippen LogP contribution is -2.52. The van der Waals surface area contributed by atoms with Crippen LogP contribution in [0.3, 0.4) is 0 Å². The molecule has 1 aromatic rings. The fourth-order valence-corrected chi connectivity index (χ4v) is 1.66. The summed E-state index contributed by atoms with van der Waals surface area (Å²) in [5.74, 6) is -0.321. The number of carbonyl (C=O) groups excluding carboxylic acids is 1. The van der Waals surface area contributed by atoms with Crippen molar-refractivity contribution in [3.05, 3.63) is 35.9 Å². The SMILES string of the molecule is CC(C)(C)NC(=O)C(Cc1ccccc1)NC(=O)O. The zero-order chi connectivity index (χ0) is 14.5. The summed E-state index contributed by atoms with van der Waals surface area (Å²) in [7, 11) is 0. The van der Waals surface area contributed by atoms with Gasteiger partial charge in [0.1, 0.15) is 6.04 Å². The molecule has 0 bridgehead atoms. The number of rotatable bonds is 4. The highest BCUT2D eigenvalue weighted by molar-refractivity contribution is 5.86. The highest BCUT2D eigenvalue weighted by atomic mass is 16.4. The predicted molar refractivity (Wildman–Crippen MR) is 73.0 cm³/mol. The molecule has 1 aromatic carbocycles. The molecule has 0 saturated carbocycles. The van der Waals surface area contributed by atoms with Gasteiger partial charge in [-0.1, -0.05) is 30.3 Å². The summed E-state index contributed by atoms with van der Waals surface area (Å²) in [5.41, 5.74) is 0.511. The first kappa shape index (κ1) is 15.0. The van der Waals surface area contributed by atoms with Gasteiger partial charge in [-0.05, 0) is 26.3 Å². The molecule has 0 aliphatic rings. The third-order valence-electron chi connectivity index (χ3n) is 2.40. The Hall–Kier alpha value is -2.04. The summed E-state index contributed by atoms with van der Waals surface area (Å²) in [4.78, 5) is 22.8. The van der Waals surface area contributed by atoms with Crippen LogP contribution in [-0.2, 0) is 11.2 Å². The van der Waals surface area contributed by atoms with Gasteiger partial charge in [0, 0.05) is 12.0 Å². The van der Waals surface area contributed by atoms with Gasteiger partial charge in [-0.25, -0.2) is 4.79 Å². The van der Waals surface area contributed by atoms with E-state index in [1.807, 2.05) is 51.1 Å². The monoisotopic (exact) mass is 264 g/mol. The molecule has 0 aliphatic heterocycles. The molecule has 0 aliphatic carbocycles. The van der Waals surface area contributed by atoms with Gasteiger partial charge in [-0.2, -0.15) is 0 Å². The summed E-state index contributed by atoms with van der Waals surface area (Å²) in [5, 5.41) is 13.9. The molecule has 104 valence electrons. The fraction of sp³-hybridized carbons (Fsp3) is 0.429. The van der Waals surface area contributed by atoms with Crippen LogP contribution in [0.2, 0.25) is 0 Å². The van der Waals surface area contributed by atoms with Gasteiger partial charge in [0.2, 0.25) is 5.91 Å². The summed E-state index contributed by atoms with van der Waals surface area (Å²) in [6.07, 6.45) is -0.875. The maximum Gasteiger partial charge on any atom is 0.405 e. The Morgan fingerprint density at radius 2 is 1.79 bits per heavy atom. The molecule has 0 spiro atoms. The number of carboxylic acid groups (broad SMARTS) is 1. The molecule has 0 heterocycles. The van der Waals surface area contributed by atoms with Crippen molar-refractivity contribution in [3.63, 3.8) is 0 Å². The van der Waals surface area contributed by atoms with E-state index < -0.39 is 17.7 Å². The molecule has 1 atom stereocenters. The lowest BCUT2D eigenvalue weighted by molar-refractivity contribution is -0.124. The number of hydrogen-bond acceptors (Lipinski definition) is 2. The van der Waals surface area contributed by atoms with E-state index in [2.05, 4.69) is 10.6 Å². The summed E-state index contributed by atoms with van der Waals surface area (Å²) < 4.78 is 0. The number of amides is 2. The molecule has 2 amide bonds. The molecular formula is C14H20N2O3. The van der Waals surface area contributed by atoms with E-state index in [-0.39, 0.29) is 5.91 Å². The normalized spacial score (nSPS) is 12.6. The van der Waals surface area contributed by atoms with Crippen molar-refractivity contribution in [2.24, 2.45) is 0 Å². The standard InChI is InChI=1S/C14H20N2O3/c1-14(2,3)16-12(17)11(15-13(18)19)9-10-7-5-4-6-8-10/h4-8,11,15H,9H2,1-3H3,(H,16,17)(H,18,19). The molecule has 3 N–H and O–H groups in total. The Morgan fingerprint density at radius 1 is 1.21 bits per heavy atom. The average Bonchev–Trinajstić information content (AvgIpc) is 2.26. The molecular weight excluding hydrogens is 244 g/mol. The van der Waals surface area contributed by atoms with Crippen LogP contribution < -0.4 is 10.6 Å². The van der Waals surface area contributed by atoms with Crippen molar-refractivity contribution in [2.45, 2.75) is 38.8 Å². The minimum Gasteiger partial charge on any atom is -0.465 e. The van der Waals surface area contributed by atoms with Gasteiger partial charge >= 0.3 is 6.09 Å². The highest BCUT2D eigenvalue weighted by Gasteiger charge is 2.24. The van der Waals surface area contributed by atoms with E-state index in [1.54, 1.807) is 0 Å². The van der Waals surface area contributed by atoms with Crippen LogP contribution in [0.15, 0.2) is 30.3 Å². The van der Waals surface area contributed by atoms with Crippen molar-refractivity contribution in [2.75, 3.05) is 0 Å². The van der Waals surface area contributed by atoms with Crippen LogP contribution in [0, 0.1) is 0 Å². The number of hydrogen-bond donors (Lipinski definition) is 3. The van der Waals surface area contributed by atoms with Crippen molar-refractivity contribution in [1.82, 2.24) is 10.6 Å². The summed E-state index contributed by atoms with van der Waals surface area (Å²) >= 11 is 0. The Labute approximate surface area is 113 Å². The molecule has 5 heteroatoms. The summed E-state index contributed by atoms with van der Waals surface area (Å²) in [6.45, 7) is 5.56. The molecule has 1 rings (SSSR count). The second-order valence-electron chi connectivity index (χ2n) is 5.43. The molecule has 0 fully saturated rings. The van der Waals surface area contributed by atoms with Crippen LogP contribution in [-0.4, -0.2) is 28.7 Å². The lowest BCUT2D eigenvalue weighted by Gasteiger charge is -2.25. The van der Waals surface area contributed by atoms with Crippen molar-refractivity contribution >= 4 is 12.0 Å². The van der Waals surface area contributed by atoms with Gasteiger partial charge in [-0.15, -0.1) is 0 Å². The smallest absolute Gasteiger partial charge is 0.405 e. The van der Waals surface area contributed by atoms with E-state index in [0.717, 1.165) is 5.56 Å². The summed E-state index contributed by atoms with van der Waals surface area (Å²) in [6, 6.07) is 8.52. The van der Waals surface area contributed by atoms with Gasteiger partial charge < -0.3 is 15.7 Å². The third kappa shape index (κ3) is 5.90. The van der Waals surface area contributed by atoms with E-state index in [0.29, 0.717) is 6.42 Å². The number of nitrogens with one attached hydrogen (secondary N) is 2. The molecule has 5 nitrogen and oxygen atoms in total. The Bertz CT molecular complexity index is 438. The van der Waals surface area contributed by atoms with E-state index in [4.69, 9.17) is 5.11 Å². The van der Waals surface area contributed by atoms with Gasteiger partial charge in [-0.3, -0.25) is 4.79 Å². The average molecular weight is 264 g/mol. The maximum atomic E-state index is 12.1. The van der Waals surface area contributed by atoms with Crippen molar-refractivity contribution in [1.29, 1.82) is 0 Å². The maximum absolute atomic E-state index is 12.1. The second-order valence-corrected chi connectivity index (χ2v) is 5.43. The molecule has 19 heavy (non-hydrogen) atoms. The predicted octanol–water partition coefficient (Wildman–Crippen LogP) is 1.78. The second kappa shape index (κ2) is 6.22. The molecule has 0 radical (unpaired) electrons. The van der Waals surface area contributed by atoms with Gasteiger partial charge in [0.25, 0.3) is 0 Å². The Kier molecular flexibility index (Phi) is 4.92. The van der Waals surface area contributed by atoms with Crippen LogP contribution in [0.25, 0.3) is 0 Å². The number of carbonyl (C=O) groups is 2. The third-order valence-corrected chi connectivity index (χ3v) is 2.40. The molecule has 1 unspecified atom stereocenters. The minimum atomic E-state index is -1.20.